The van der Waals surface area contributed by atoms with Crippen LogP contribution in [0.4, 0.5) is 4.39 Å². The number of aryl methyl sites for hydroxylation is 1. The minimum atomic E-state index is -0.698. The van der Waals surface area contributed by atoms with Crippen molar-refractivity contribution in [2.45, 2.75) is 58.2 Å². The lowest BCUT2D eigenvalue weighted by Gasteiger charge is -2.32. The van der Waals surface area contributed by atoms with E-state index in [0.29, 0.717) is 50.9 Å². The molecule has 2 bridgehead atoms. The zero-order valence-corrected chi connectivity index (χ0v) is 22.0. The fraction of sp³-hybridized carbons (Fsp3) is 0.500. The molecule has 0 aliphatic carbocycles. The molecule has 2 aliphatic rings. The SMILES string of the molecule is CC(C)[C@@H]1CN(Cc2ccc[nH]c2=O)CC(=O)NCCCc2ccc(F)c(c2)C(=O)N2CCC[C@H]2C(=O)N1. The van der Waals surface area contributed by atoms with Crippen molar-refractivity contribution in [3.8, 4) is 0 Å². The normalized spacial score (nSPS) is 22.1. The van der Waals surface area contributed by atoms with E-state index in [1.807, 2.05) is 18.7 Å². The zero-order chi connectivity index (χ0) is 27.2. The van der Waals surface area contributed by atoms with Crippen LogP contribution in [0.25, 0.3) is 0 Å². The predicted molar refractivity (Wildman–Crippen MR) is 141 cm³/mol. The molecular formula is C28H36FN5O4. The number of carbonyl (C=O) groups excluding carboxylic acids is 3. The van der Waals surface area contributed by atoms with Crippen LogP contribution in [-0.4, -0.2) is 70.8 Å². The van der Waals surface area contributed by atoms with Crippen LogP contribution in [0.2, 0.25) is 0 Å². The molecular weight excluding hydrogens is 489 g/mol. The molecule has 9 nitrogen and oxygen atoms in total. The highest BCUT2D eigenvalue weighted by Gasteiger charge is 2.37. The van der Waals surface area contributed by atoms with Gasteiger partial charge in [-0.15, -0.1) is 0 Å². The first-order chi connectivity index (χ1) is 18.2. The van der Waals surface area contributed by atoms with Crippen LogP contribution in [-0.2, 0) is 22.6 Å². The average molecular weight is 526 g/mol. The van der Waals surface area contributed by atoms with Gasteiger partial charge in [-0.3, -0.25) is 24.1 Å². The average Bonchev–Trinajstić information content (AvgIpc) is 3.37. The van der Waals surface area contributed by atoms with Gasteiger partial charge in [-0.2, -0.15) is 0 Å². The molecule has 2 aliphatic heterocycles. The van der Waals surface area contributed by atoms with E-state index in [9.17, 15) is 23.6 Å². The standard InChI is InChI=1S/C28H36FN5O4/c1-18(2)23-16-33(15-20-7-4-12-31-26(20)36)17-25(35)30-11-3-6-19-9-10-22(29)21(14-19)28(38)34-13-5-8-24(34)27(37)32-23/h4,7,9-10,12,14,18,23-24H,3,5-6,8,11,13,15-17H2,1-2H3,(H,30,35)(H,31,36)(H,32,37)/t23-,24-/m0/s1. The molecule has 2 atom stereocenters. The summed E-state index contributed by atoms with van der Waals surface area (Å²) in [7, 11) is 0. The fourth-order valence-corrected chi connectivity index (χ4v) is 5.10. The number of aromatic nitrogens is 1. The van der Waals surface area contributed by atoms with E-state index in [4.69, 9.17) is 0 Å². The second-order valence-electron chi connectivity index (χ2n) is 10.5. The monoisotopic (exact) mass is 525 g/mol. The quantitative estimate of drug-likeness (QED) is 0.566. The predicted octanol–water partition coefficient (Wildman–Crippen LogP) is 1.82. The highest BCUT2D eigenvalue weighted by molar-refractivity contribution is 5.98. The number of carbonyl (C=O) groups is 3. The molecule has 10 heteroatoms. The number of hydrogen-bond acceptors (Lipinski definition) is 5. The largest absolute Gasteiger partial charge is 0.355 e. The first kappa shape index (κ1) is 27.5. The lowest BCUT2D eigenvalue weighted by molar-refractivity contribution is -0.126. The molecule has 0 unspecified atom stereocenters. The summed E-state index contributed by atoms with van der Waals surface area (Å²) in [6, 6.07) is 6.91. The van der Waals surface area contributed by atoms with Gasteiger partial charge in [0.15, 0.2) is 0 Å². The number of aromatic amines is 1. The second kappa shape index (κ2) is 12.3. The van der Waals surface area contributed by atoms with Crippen LogP contribution in [0, 0.1) is 11.7 Å². The fourth-order valence-electron chi connectivity index (χ4n) is 5.10. The van der Waals surface area contributed by atoms with E-state index in [1.165, 1.54) is 11.0 Å². The van der Waals surface area contributed by atoms with E-state index in [1.54, 1.807) is 30.5 Å². The van der Waals surface area contributed by atoms with Crippen LogP contribution in [0.5, 0.6) is 0 Å². The minimum Gasteiger partial charge on any atom is -0.355 e. The van der Waals surface area contributed by atoms with Gasteiger partial charge in [0, 0.05) is 44.0 Å². The summed E-state index contributed by atoms with van der Waals surface area (Å²) in [6.45, 7) is 5.37. The zero-order valence-electron chi connectivity index (χ0n) is 22.0. The molecule has 1 aromatic carbocycles. The molecule has 3 N–H and O–H groups in total. The Morgan fingerprint density at radius 3 is 2.68 bits per heavy atom. The van der Waals surface area contributed by atoms with Crippen molar-refractivity contribution >= 4 is 17.7 Å². The summed E-state index contributed by atoms with van der Waals surface area (Å²) in [6.07, 6.45) is 3.88. The van der Waals surface area contributed by atoms with E-state index in [2.05, 4.69) is 15.6 Å². The molecule has 3 amide bonds. The van der Waals surface area contributed by atoms with Crippen LogP contribution >= 0.6 is 0 Å². The number of benzene rings is 1. The molecule has 1 aromatic heterocycles. The molecule has 38 heavy (non-hydrogen) atoms. The first-order valence-electron chi connectivity index (χ1n) is 13.3. The third kappa shape index (κ3) is 6.66. The smallest absolute Gasteiger partial charge is 0.257 e. The number of amides is 3. The van der Waals surface area contributed by atoms with Crippen molar-refractivity contribution < 1.29 is 18.8 Å². The molecule has 204 valence electrons. The Kier molecular flexibility index (Phi) is 8.93. The Balaban J connectivity index is 1.63. The van der Waals surface area contributed by atoms with Gasteiger partial charge in [0.2, 0.25) is 11.8 Å². The highest BCUT2D eigenvalue weighted by atomic mass is 19.1. The van der Waals surface area contributed by atoms with Gasteiger partial charge in [-0.25, -0.2) is 4.39 Å². The number of nitrogens with zero attached hydrogens (tertiary/aromatic N) is 2. The number of pyridine rings is 1. The summed E-state index contributed by atoms with van der Waals surface area (Å²) in [5, 5.41) is 6.00. The molecule has 0 radical (unpaired) electrons. The number of hydrogen-bond donors (Lipinski definition) is 3. The summed E-state index contributed by atoms with van der Waals surface area (Å²) in [5.74, 6) is -1.56. The van der Waals surface area contributed by atoms with Gasteiger partial charge in [0.25, 0.3) is 11.5 Å². The minimum absolute atomic E-state index is 0.0142. The molecule has 1 saturated heterocycles. The van der Waals surface area contributed by atoms with Crippen molar-refractivity contribution in [2.24, 2.45) is 5.92 Å². The van der Waals surface area contributed by atoms with E-state index in [-0.39, 0.29) is 48.0 Å². The van der Waals surface area contributed by atoms with Crippen LogP contribution in [0.1, 0.15) is 54.6 Å². The third-order valence-corrected chi connectivity index (χ3v) is 7.29. The summed E-state index contributed by atoms with van der Waals surface area (Å²) < 4.78 is 14.7. The molecule has 3 heterocycles. The Bertz CT molecular complexity index is 1230. The Morgan fingerprint density at radius 1 is 1.11 bits per heavy atom. The summed E-state index contributed by atoms with van der Waals surface area (Å²) in [5.41, 5.74) is 1.05. The second-order valence-corrected chi connectivity index (χ2v) is 10.5. The molecule has 0 spiro atoms. The van der Waals surface area contributed by atoms with E-state index >= 15 is 0 Å². The lowest BCUT2D eigenvalue weighted by atomic mass is 10.0. The van der Waals surface area contributed by atoms with Crippen LogP contribution < -0.4 is 16.2 Å². The molecule has 0 saturated carbocycles. The van der Waals surface area contributed by atoms with Crippen molar-refractivity contribution in [1.29, 1.82) is 0 Å². The number of rotatable bonds is 3. The van der Waals surface area contributed by atoms with Gasteiger partial charge in [0.1, 0.15) is 11.9 Å². The molecule has 2 aromatic rings. The lowest BCUT2D eigenvalue weighted by Crippen LogP contribution is -2.54. The third-order valence-electron chi connectivity index (χ3n) is 7.29. The van der Waals surface area contributed by atoms with Crippen molar-refractivity contribution in [1.82, 2.24) is 25.4 Å². The van der Waals surface area contributed by atoms with Gasteiger partial charge < -0.3 is 20.5 Å². The maximum absolute atomic E-state index is 14.7. The Labute approximate surface area is 221 Å². The Morgan fingerprint density at radius 2 is 1.92 bits per heavy atom. The molecule has 1 fully saturated rings. The Hall–Kier alpha value is -3.53. The first-order valence-corrected chi connectivity index (χ1v) is 13.3. The van der Waals surface area contributed by atoms with Crippen molar-refractivity contribution in [3.05, 3.63) is 69.4 Å². The van der Waals surface area contributed by atoms with E-state index in [0.717, 1.165) is 5.56 Å². The summed E-state index contributed by atoms with van der Waals surface area (Å²) >= 11 is 0. The number of nitrogens with one attached hydrogen (secondary N) is 3. The van der Waals surface area contributed by atoms with E-state index < -0.39 is 17.8 Å². The maximum atomic E-state index is 14.7. The maximum Gasteiger partial charge on any atom is 0.257 e. The summed E-state index contributed by atoms with van der Waals surface area (Å²) in [4.78, 5) is 58.0. The van der Waals surface area contributed by atoms with Gasteiger partial charge >= 0.3 is 0 Å². The van der Waals surface area contributed by atoms with Crippen molar-refractivity contribution in [3.63, 3.8) is 0 Å². The number of fused-ring (bicyclic) bond motifs is 3. The number of H-pyrrole nitrogens is 1. The van der Waals surface area contributed by atoms with Crippen LogP contribution in [0.15, 0.2) is 41.3 Å². The van der Waals surface area contributed by atoms with Crippen LogP contribution in [0.3, 0.4) is 0 Å². The number of halogens is 1. The van der Waals surface area contributed by atoms with Gasteiger partial charge in [-0.05, 0) is 55.4 Å². The molecule has 4 rings (SSSR count). The highest BCUT2D eigenvalue weighted by Crippen LogP contribution is 2.23. The van der Waals surface area contributed by atoms with Gasteiger partial charge in [-0.1, -0.05) is 26.0 Å². The topological polar surface area (TPSA) is 115 Å². The van der Waals surface area contributed by atoms with Gasteiger partial charge in [0.05, 0.1) is 12.1 Å². The van der Waals surface area contributed by atoms with Crippen molar-refractivity contribution in [2.75, 3.05) is 26.2 Å².